The van der Waals surface area contributed by atoms with Gasteiger partial charge in [-0.15, -0.1) is 0 Å². The molecule has 3 heterocycles. The molecule has 3 heteroatoms. The van der Waals surface area contributed by atoms with E-state index in [0.717, 1.165) is 88.4 Å². The molecule has 10 aromatic carbocycles. The monoisotopic (exact) mass is 752 g/mol. The van der Waals surface area contributed by atoms with E-state index in [2.05, 4.69) is 188 Å². The molecule has 0 atom stereocenters. The maximum Gasteiger partial charge on any atom is 0.147 e. The van der Waals surface area contributed by atoms with Crippen molar-refractivity contribution in [1.29, 1.82) is 0 Å². The summed E-state index contributed by atoms with van der Waals surface area (Å²) in [7, 11) is 0. The van der Waals surface area contributed by atoms with Crippen molar-refractivity contribution in [3.05, 3.63) is 194 Å². The number of hydrogen-bond donors (Lipinski definition) is 0. The number of rotatable bonds is 4. The number of furan rings is 3. The third-order valence-electron chi connectivity index (χ3n) is 12.3. The molecule has 0 saturated carbocycles. The summed E-state index contributed by atoms with van der Waals surface area (Å²) < 4.78 is 20.4. The minimum atomic E-state index is 0.800. The maximum absolute atomic E-state index is 6.98. The van der Waals surface area contributed by atoms with Gasteiger partial charge in [-0.25, -0.2) is 0 Å². The highest BCUT2D eigenvalue weighted by Gasteiger charge is 2.24. The highest BCUT2D eigenvalue weighted by Crippen LogP contribution is 2.49. The van der Waals surface area contributed by atoms with Crippen LogP contribution >= 0.6 is 0 Å². The minimum absolute atomic E-state index is 0.800. The molecule has 0 aliphatic heterocycles. The summed E-state index contributed by atoms with van der Waals surface area (Å²) in [6.07, 6.45) is 0. The Bertz CT molecular complexity index is 3770. The molecule has 0 spiro atoms. The Balaban J connectivity index is 1.08. The quantitative estimate of drug-likeness (QED) is 0.168. The lowest BCUT2D eigenvalue weighted by atomic mass is 9.85. The number of benzene rings is 10. The van der Waals surface area contributed by atoms with E-state index in [4.69, 9.17) is 13.3 Å². The van der Waals surface area contributed by atoms with E-state index in [1.165, 1.54) is 43.4 Å². The Morgan fingerprint density at radius 2 is 0.864 bits per heavy atom. The van der Waals surface area contributed by atoms with Gasteiger partial charge in [-0.05, 0) is 79.3 Å². The molecule has 0 bridgehead atoms. The van der Waals surface area contributed by atoms with Crippen LogP contribution in [-0.4, -0.2) is 0 Å². The molecule has 3 aromatic heterocycles. The summed E-state index contributed by atoms with van der Waals surface area (Å²) in [5, 5.41) is 12.4. The lowest BCUT2D eigenvalue weighted by Gasteiger charge is -2.18. The number of para-hydroxylation sites is 1. The summed E-state index contributed by atoms with van der Waals surface area (Å²) in [4.78, 5) is 0. The van der Waals surface area contributed by atoms with Crippen molar-refractivity contribution in [2.75, 3.05) is 0 Å². The first-order chi connectivity index (χ1) is 29.3. The lowest BCUT2D eigenvalue weighted by molar-refractivity contribution is 0.634. The van der Waals surface area contributed by atoms with Crippen LogP contribution in [0.5, 0.6) is 0 Å². The van der Waals surface area contributed by atoms with Crippen LogP contribution in [0.3, 0.4) is 0 Å². The third-order valence-corrected chi connectivity index (χ3v) is 12.3. The van der Waals surface area contributed by atoms with Crippen molar-refractivity contribution >= 4 is 87.2 Å². The molecule has 0 saturated heterocycles. The summed E-state index contributed by atoms with van der Waals surface area (Å²) in [6.45, 7) is 0. The van der Waals surface area contributed by atoms with Crippen LogP contribution in [0.1, 0.15) is 0 Å². The molecular weight excluding hydrogens is 721 g/mol. The average Bonchev–Trinajstić information content (AvgIpc) is 4.00. The number of hydrogen-bond acceptors (Lipinski definition) is 3. The van der Waals surface area contributed by atoms with Crippen LogP contribution in [-0.2, 0) is 0 Å². The molecule has 13 rings (SSSR count). The molecule has 3 nitrogen and oxygen atoms in total. The van der Waals surface area contributed by atoms with Crippen LogP contribution in [0.25, 0.3) is 132 Å². The van der Waals surface area contributed by atoms with Gasteiger partial charge >= 0.3 is 0 Å². The zero-order valence-electron chi connectivity index (χ0n) is 31.7. The van der Waals surface area contributed by atoms with Crippen LogP contribution in [0.4, 0.5) is 0 Å². The Hall–Kier alpha value is -7.88. The van der Waals surface area contributed by atoms with Crippen LogP contribution in [0.2, 0.25) is 0 Å². The SMILES string of the molecule is c1ccc(-c2oc3c(ccc4oc5ccc(-c6c7ccccc7c(-c7cccc8c7oc7ccc9ccccc9c78)c7ccccc67)cc5c43)c2-c2ccccc2)cc1. The Kier molecular flexibility index (Phi) is 6.72. The van der Waals surface area contributed by atoms with Crippen molar-refractivity contribution in [3.8, 4) is 44.7 Å². The van der Waals surface area contributed by atoms with Crippen molar-refractivity contribution < 1.29 is 13.3 Å². The van der Waals surface area contributed by atoms with E-state index < -0.39 is 0 Å². The first kappa shape index (κ1) is 32.2. The minimum Gasteiger partial charge on any atom is -0.456 e. The summed E-state index contributed by atoms with van der Waals surface area (Å²) in [5.74, 6) is 0.852. The summed E-state index contributed by atoms with van der Waals surface area (Å²) in [5.41, 5.74) is 12.0. The van der Waals surface area contributed by atoms with E-state index in [1.807, 2.05) is 6.07 Å². The Morgan fingerprint density at radius 3 is 1.61 bits per heavy atom. The molecule has 13 aromatic rings. The van der Waals surface area contributed by atoms with Gasteiger partial charge in [0.05, 0.1) is 5.39 Å². The maximum atomic E-state index is 6.98. The lowest BCUT2D eigenvalue weighted by Crippen LogP contribution is -1.91. The average molecular weight is 753 g/mol. The molecule has 0 aliphatic rings. The smallest absolute Gasteiger partial charge is 0.147 e. The van der Waals surface area contributed by atoms with Crippen molar-refractivity contribution in [2.45, 2.75) is 0 Å². The summed E-state index contributed by atoms with van der Waals surface area (Å²) in [6, 6.07) is 68.8. The van der Waals surface area contributed by atoms with Crippen molar-refractivity contribution in [3.63, 3.8) is 0 Å². The van der Waals surface area contributed by atoms with Crippen LogP contribution in [0.15, 0.2) is 207 Å². The summed E-state index contributed by atoms with van der Waals surface area (Å²) >= 11 is 0. The van der Waals surface area contributed by atoms with Gasteiger partial charge in [-0.2, -0.15) is 0 Å². The van der Waals surface area contributed by atoms with E-state index in [1.54, 1.807) is 0 Å². The van der Waals surface area contributed by atoms with Crippen LogP contribution in [0, 0.1) is 0 Å². The van der Waals surface area contributed by atoms with Crippen molar-refractivity contribution in [2.24, 2.45) is 0 Å². The molecule has 0 amide bonds. The normalized spacial score (nSPS) is 12.1. The van der Waals surface area contributed by atoms with E-state index >= 15 is 0 Å². The molecular formula is C56H32O3. The second-order valence-electron chi connectivity index (χ2n) is 15.5. The predicted molar refractivity (Wildman–Crippen MR) is 245 cm³/mol. The number of fused-ring (bicyclic) bond motifs is 12. The zero-order chi connectivity index (χ0) is 38.6. The van der Waals surface area contributed by atoms with Gasteiger partial charge in [0.15, 0.2) is 0 Å². The first-order valence-corrected chi connectivity index (χ1v) is 20.1. The third kappa shape index (κ3) is 4.64. The first-order valence-electron chi connectivity index (χ1n) is 20.1. The highest BCUT2D eigenvalue weighted by atomic mass is 16.3. The molecule has 0 radical (unpaired) electrons. The van der Waals surface area contributed by atoms with Gasteiger partial charge in [0.25, 0.3) is 0 Å². The molecule has 0 unspecified atom stereocenters. The fraction of sp³-hybridized carbons (Fsp3) is 0. The standard InChI is InChI=1S/C56H32O3/c1-3-15-34(16-4-1)50-44-28-31-48-53(56(44)59-54(50)35-17-5-2-6-18-35)45-32-36(27-29-46(45)57-48)49-38-20-9-11-22-40(38)51(41-23-12-10-21-39(41)49)42-24-13-25-43-52-37-19-8-7-14-33(37)26-30-47(52)58-55(42)43/h1-32H. The molecule has 0 aliphatic carbocycles. The van der Waals surface area contributed by atoms with Gasteiger partial charge in [-0.3, -0.25) is 0 Å². The van der Waals surface area contributed by atoms with Crippen molar-refractivity contribution in [1.82, 2.24) is 0 Å². The van der Waals surface area contributed by atoms with Gasteiger partial charge in [-0.1, -0.05) is 164 Å². The largest absolute Gasteiger partial charge is 0.456 e. The fourth-order valence-corrected chi connectivity index (χ4v) is 9.75. The fourth-order valence-electron chi connectivity index (χ4n) is 9.75. The predicted octanol–water partition coefficient (Wildman–Crippen LogP) is 16.4. The highest BCUT2D eigenvalue weighted by molar-refractivity contribution is 6.27. The topological polar surface area (TPSA) is 39.4 Å². The zero-order valence-corrected chi connectivity index (χ0v) is 31.7. The van der Waals surface area contributed by atoms with Crippen LogP contribution < -0.4 is 0 Å². The van der Waals surface area contributed by atoms with Gasteiger partial charge in [0.1, 0.15) is 33.7 Å². The Morgan fingerprint density at radius 1 is 0.271 bits per heavy atom. The van der Waals surface area contributed by atoms with Gasteiger partial charge in [0.2, 0.25) is 0 Å². The molecule has 59 heavy (non-hydrogen) atoms. The van der Waals surface area contributed by atoms with E-state index in [0.29, 0.717) is 0 Å². The molecule has 0 N–H and O–H groups in total. The van der Waals surface area contributed by atoms with Gasteiger partial charge < -0.3 is 13.3 Å². The van der Waals surface area contributed by atoms with E-state index in [9.17, 15) is 0 Å². The molecule has 0 fully saturated rings. The van der Waals surface area contributed by atoms with E-state index in [-0.39, 0.29) is 0 Å². The second-order valence-corrected chi connectivity index (χ2v) is 15.5. The second kappa shape index (κ2) is 12.3. The van der Waals surface area contributed by atoms with Gasteiger partial charge in [0, 0.05) is 43.8 Å². The Labute approximate surface area is 337 Å². The molecule has 274 valence electrons.